The molecule has 0 amide bonds. The summed E-state index contributed by atoms with van der Waals surface area (Å²) in [4.78, 5) is 2.41. The first-order valence-electron chi connectivity index (χ1n) is 20.1. The molecule has 0 aromatic heterocycles. The van der Waals surface area contributed by atoms with E-state index in [2.05, 4.69) is 241 Å². The first-order chi connectivity index (χ1) is 28.8. The van der Waals surface area contributed by atoms with Gasteiger partial charge >= 0.3 is 0 Å². The third kappa shape index (κ3) is 5.47. The van der Waals surface area contributed by atoms with Gasteiger partial charge in [0.1, 0.15) is 0 Å². The Bertz CT molecular complexity index is 3060. The number of hydrogen-bond acceptors (Lipinski definition) is 1. The monoisotopic (exact) mass is 737 g/mol. The summed E-state index contributed by atoms with van der Waals surface area (Å²) in [5.74, 6) is 0. The van der Waals surface area contributed by atoms with Gasteiger partial charge in [-0.1, -0.05) is 188 Å². The van der Waals surface area contributed by atoms with Gasteiger partial charge in [0.05, 0.1) is 5.41 Å². The second-order valence-corrected chi connectivity index (χ2v) is 15.3. The van der Waals surface area contributed by atoms with Crippen LogP contribution in [0.2, 0.25) is 0 Å². The van der Waals surface area contributed by atoms with Gasteiger partial charge in [0.2, 0.25) is 0 Å². The van der Waals surface area contributed by atoms with Gasteiger partial charge in [-0.3, -0.25) is 0 Å². The van der Waals surface area contributed by atoms with E-state index < -0.39 is 5.41 Å². The van der Waals surface area contributed by atoms with Gasteiger partial charge in [0.15, 0.2) is 0 Å². The molecule has 0 radical (unpaired) electrons. The minimum atomic E-state index is -0.483. The summed E-state index contributed by atoms with van der Waals surface area (Å²) in [6, 6.07) is 86.8. The molecule has 0 saturated carbocycles. The lowest BCUT2D eigenvalue weighted by atomic mass is 9.67. The summed E-state index contributed by atoms with van der Waals surface area (Å²) in [5.41, 5.74) is 15.3. The van der Waals surface area contributed by atoms with Crippen molar-refractivity contribution in [1.29, 1.82) is 0 Å². The fourth-order valence-corrected chi connectivity index (χ4v) is 9.46. The van der Waals surface area contributed by atoms with Gasteiger partial charge in [-0.05, 0) is 126 Å². The molecular weight excluding hydrogens is 699 g/mol. The van der Waals surface area contributed by atoms with Crippen molar-refractivity contribution in [3.05, 3.63) is 259 Å². The zero-order chi connectivity index (χ0) is 38.5. The number of anilines is 3. The van der Waals surface area contributed by atoms with Crippen LogP contribution in [0.3, 0.4) is 0 Å². The molecule has 0 N–H and O–H groups in total. The normalized spacial score (nSPS) is 12.6. The molecule has 11 rings (SSSR count). The first-order valence-corrected chi connectivity index (χ1v) is 20.1. The van der Waals surface area contributed by atoms with Gasteiger partial charge in [-0.25, -0.2) is 0 Å². The molecule has 1 aliphatic rings. The summed E-state index contributed by atoms with van der Waals surface area (Å²) >= 11 is 0. The smallest absolute Gasteiger partial charge is 0.0714 e. The number of benzene rings is 10. The molecule has 1 nitrogen and oxygen atoms in total. The molecule has 58 heavy (non-hydrogen) atoms. The quantitative estimate of drug-likeness (QED) is 0.147. The van der Waals surface area contributed by atoms with Crippen molar-refractivity contribution in [3.63, 3.8) is 0 Å². The third-order valence-corrected chi connectivity index (χ3v) is 12.1. The Morgan fingerprint density at radius 3 is 1.40 bits per heavy atom. The van der Waals surface area contributed by atoms with E-state index in [-0.39, 0.29) is 0 Å². The van der Waals surface area contributed by atoms with Crippen molar-refractivity contribution in [2.75, 3.05) is 4.90 Å². The van der Waals surface area contributed by atoms with Crippen LogP contribution in [0.4, 0.5) is 17.1 Å². The maximum absolute atomic E-state index is 2.45. The Morgan fingerprint density at radius 1 is 0.276 bits per heavy atom. The fourth-order valence-electron chi connectivity index (χ4n) is 9.46. The van der Waals surface area contributed by atoms with Gasteiger partial charge in [-0.15, -0.1) is 0 Å². The highest BCUT2D eigenvalue weighted by atomic mass is 15.1. The van der Waals surface area contributed by atoms with Crippen molar-refractivity contribution in [2.24, 2.45) is 0 Å². The van der Waals surface area contributed by atoms with E-state index >= 15 is 0 Å². The van der Waals surface area contributed by atoms with Crippen molar-refractivity contribution in [3.8, 4) is 33.4 Å². The Morgan fingerprint density at radius 2 is 0.741 bits per heavy atom. The van der Waals surface area contributed by atoms with Gasteiger partial charge < -0.3 is 4.90 Å². The Kier molecular flexibility index (Phi) is 8.12. The summed E-state index contributed by atoms with van der Waals surface area (Å²) < 4.78 is 0. The van der Waals surface area contributed by atoms with Crippen LogP contribution in [0.25, 0.3) is 54.9 Å². The fraction of sp³-hybridized carbons (Fsp3) is 0.0175. The Labute approximate surface area is 339 Å². The van der Waals surface area contributed by atoms with E-state index in [9.17, 15) is 0 Å². The number of fused-ring (bicyclic) bond motifs is 6. The Hall–Kier alpha value is -7.48. The molecule has 0 aliphatic heterocycles. The van der Waals surface area contributed by atoms with E-state index in [1.165, 1.54) is 77.2 Å². The van der Waals surface area contributed by atoms with Gasteiger partial charge in [0.25, 0.3) is 0 Å². The summed E-state index contributed by atoms with van der Waals surface area (Å²) in [6.45, 7) is 0. The van der Waals surface area contributed by atoms with E-state index in [4.69, 9.17) is 0 Å². The lowest BCUT2D eigenvalue weighted by Crippen LogP contribution is -2.28. The van der Waals surface area contributed by atoms with Crippen molar-refractivity contribution in [2.45, 2.75) is 5.41 Å². The SMILES string of the molecule is c1ccc(-c2ccc3ccc4ccc(-c5cccc(N(c6ccccc6)c6ccc7c(c6)C(c6ccccc6)(c6ccccc6)c6ccccc6-7)c5)cc4c3c2)cc1. The van der Waals surface area contributed by atoms with Crippen LogP contribution in [0.5, 0.6) is 0 Å². The van der Waals surface area contributed by atoms with Crippen LogP contribution >= 0.6 is 0 Å². The predicted octanol–water partition coefficient (Wildman–Crippen LogP) is 15.2. The lowest BCUT2D eigenvalue weighted by molar-refractivity contribution is 0.768. The zero-order valence-corrected chi connectivity index (χ0v) is 32.0. The minimum absolute atomic E-state index is 0.483. The van der Waals surface area contributed by atoms with Gasteiger partial charge in [0, 0.05) is 17.1 Å². The first kappa shape index (κ1) is 33.8. The van der Waals surface area contributed by atoms with E-state index in [0.717, 1.165) is 17.1 Å². The van der Waals surface area contributed by atoms with Crippen molar-refractivity contribution >= 4 is 38.6 Å². The molecule has 0 fully saturated rings. The molecule has 0 saturated heterocycles. The van der Waals surface area contributed by atoms with Crippen molar-refractivity contribution in [1.82, 2.24) is 0 Å². The average Bonchev–Trinajstić information content (AvgIpc) is 3.60. The van der Waals surface area contributed by atoms with Crippen molar-refractivity contribution < 1.29 is 0 Å². The molecule has 10 aromatic rings. The molecule has 0 heterocycles. The summed E-state index contributed by atoms with van der Waals surface area (Å²) in [7, 11) is 0. The van der Waals surface area contributed by atoms with E-state index in [1.807, 2.05) is 0 Å². The van der Waals surface area contributed by atoms with Crippen LogP contribution < -0.4 is 4.90 Å². The van der Waals surface area contributed by atoms with Crippen LogP contribution in [0.15, 0.2) is 237 Å². The minimum Gasteiger partial charge on any atom is -0.310 e. The van der Waals surface area contributed by atoms with E-state index in [0.29, 0.717) is 0 Å². The highest BCUT2D eigenvalue weighted by Gasteiger charge is 2.46. The van der Waals surface area contributed by atoms with Crippen LogP contribution in [-0.2, 0) is 5.41 Å². The lowest BCUT2D eigenvalue weighted by Gasteiger charge is -2.35. The Balaban J connectivity index is 1.08. The molecule has 0 unspecified atom stereocenters. The number of nitrogens with zero attached hydrogens (tertiary/aromatic N) is 1. The van der Waals surface area contributed by atoms with Gasteiger partial charge in [-0.2, -0.15) is 0 Å². The predicted molar refractivity (Wildman–Crippen MR) is 244 cm³/mol. The molecular formula is C57H39N. The maximum Gasteiger partial charge on any atom is 0.0714 e. The zero-order valence-electron chi connectivity index (χ0n) is 32.0. The molecule has 1 heteroatoms. The second-order valence-electron chi connectivity index (χ2n) is 15.3. The standard InChI is InChI=1S/C57H39N/c1-5-16-40(17-6-1)44-32-30-41-28-29-42-31-33-45(38-54(42)53(41)37-44)43-18-15-25-49(36-43)58(48-23-11-4-12-24-48)50-34-35-52-51-26-13-14-27-55(51)57(56(52)39-50,46-19-7-2-8-20-46)47-21-9-3-10-22-47/h1-39H. The molecule has 10 aromatic carbocycles. The number of para-hydroxylation sites is 1. The largest absolute Gasteiger partial charge is 0.310 e. The molecule has 272 valence electrons. The second kappa shape index (κ2) is 13.9. The molecule has 0 atom stereocenters. The summed E-state index contributed by atoms with van der Waals surface area (Å²) in [5, 5.41) is 5.01. The highest BCUT2D eigenvalue weighted by molar-refractivity contribution is 6.10. The van der Waals surface area contributed by atoms with E-state index in [1.54, 1.807) is 0 Å². The van der Waals surface area contributed by atoms with Crippen LogP contribution in [0, 0.1) is 0 Å². The van der Waals surface area contributed by atoms with Crippen LogP contribution in [0.1, 0.15) is 22.3 Å². The average molecular weight is 738 g/mol. The number of rotatable bonds is 7. The third-order valence-electron chi connectivity index (χ3n) is 12.1. The maximum atomic E-state index is 2.45. The number of hydrogen-bond donors (Lipinski definition) is 0. The highest BCUT2D eigenvalue weighted by Crippen LogP contribution is 2.57. The molecule has 0 spiro atoms. The topological polar surface area (TPSA) is 3.24 Å². The molecule has 0 bridgehead atoms. The molecule has 1 aliphatic carbocycles. The van der Waals surface area contributed by atoms with Crippen LogP contribution in [-0.4, -0.2) is 0 Å². The summed E-state index contributed by atoms with van der Waals surface area (Å²) in [6.07, 6.45) is 0.